The van der Waals surface area contributed by atoms with E-state index in [1.807, 2.05) is 0 Å². The molecular formula is C6H5ClFNO. The van der Waals surface area contributed by atoms with Crippen LogP contribution < -0.4 is 5.73 Å². The molecule has 0 saturated carbocycles. The zero-order valence-electron chi connectivity index (χ0n) is 4.94. The highest BCUT2D eigenvalue weighted by molar-refractivity contribution is 6.31. The predicted octanol–water partition coefficient (Wildman–Crippen LogP) is 1.77. The van der Waals surface area contributed by atoms with Crippen molar-refractivity contribution in [3.05, 3.63) is 23.0 Å². The van der Waals surface area contributed by atoms with E-state index in [9.17, 15) is 4.39 Å². The number of halogens is 2. The van der Waals surface area contributed by atoms with E-state index in [0.29, 0.717) is 0 Å². The summed E-state index contributed by atoms with van der Waals surface area (Å²) in [5.74, 6) is -1.36. The van der Waals surface area contributed by atoms with Crippen LogP contribution >= 0.6 is 11.6 Å². The van der Waals surface area contributed by atoms with Gasteiger partial charge in [-0.15, -0.1) is 0 Å². The van der Waals surface area contributed by atoms with Gasteiger partial charge in [0.05, 0.1) is 5.02 Å². The third-order valence-electron chi connectivity index (χ3n) is 1.03. The fourth-order valence-electron chi connectivity index (χ4n) is 0.595. The monoisotopic (exact) mass is 161 g/mol. The Kier molecular flexibility index (Phi) is 1.68. The number of phenolic OH excluding ortho intramolecular Hbond substituents is 1. The lowest BCUT2D eigenvalue weighted by molar-refractivity contribution is 0.433. The minimum absolute atomic E-state index is 0.169. The van der Waals surface area contributed by atoms with Crippen molar-refractivity contribution >= 4 is 17.3 Å². The van der Waals surface area contributed by atoms with Crippen molar-refractivity contribution in [1.29, 1.82) is 0 Å². The summed E-state index contributed by atoms with van der Waals surface area (Å²) in [6.07, 6.45) is 0. The largest absolute Gasteiger partial charge is 0.505 e. The van der Waals surface area contributed by atoms with Crippen LogP contribution in [0.2, 0.25) is 5.02 Å². The lowest BCUT2D eigenvalue weighted by Crippen LogP contribution is -1.86. The van der Waals surface area contributed by atoms with Crippen LogP contribution in [-0.4, -0.2) is 5.11 Å². The molecule has 0 fully saturated rings. The predicted molar refractivity (Wildman–Crippen MR) is 37.5 cm³/mol. The Bertz CT molecular complexity index is 241. The molecule has 0 heterocycles. The smallest absolute Gasteiger partial charge is 0.183 e. The molecule has 0 atom stereocenters. The van der Waals surface area contributed by atoms with Gasteiger partial charge in [-0.05, 0) is 6.07 Å². The van der Waals surface area contributed by atoms with Crippen LogP contribution in [0, 0.1) is 5.82 Å². The number of benzene rings is 1. The highest BCUT2D eigenvalue weighted by atomic mass is 35.5. The quantitative estimate of drug-likeness (QED) is 0.570. The minimum Gasteiger partial charge on any atom is -0.505 e. The zero-order valence-corrected chi connectivity index (χ0v) is 5.69. The Hall–Kier alpha value is -0.960. The normalized spacial score (nSPS) is 9.80. The van der Waals surface area contributed by atoms with Gasteiger partial charge in [-0.1, -0.05) is 11.6 Å². The van der Waals surface area contributed by atoms with Crippen molar-refractivity contribution in [2.24, 2.45) is 0 Å². The number of nitrogens with two attached hydrogens (primary N) is 1. The summed E-state index contributed by atoms with van der Waals surface area (Å²) in [6.45, 7) is 0. The van der Waals surface area contributed by atoms with Crippen LogP contribution in [0.3, 0.4) is 0 Å². The first kappa shape index (κ1) is 7.15. The van der Waals surface area contributed by atoms with Gasteiger partial charge in [0.25, 0.3) is 0 Å². The number of aromatic hydroxyl groups is 1. The lowest BCUT2D eigenvalue weighted by Gasteiger charge is -1.98. The summed E-state index contributed by atoms with van der Waals surface area (Å²) >= 11 is 5.30. The summed E-state index contributed by atoms with van der Waals surface area (Å²) in [4.78, 5) is 0. The molecule has 0 spiro atoms. The lowest BCUT2D eigenvalue weighted by atomic mass is 10.3. The highest BCUT2D eigenvalue weighted by Crippen LogP contribution is 2.26. The molecule has 1 rings (SSSR count). The molecule has 0 bridgehead atoms. The van der Waals surface area contributed by atoms with Crippen LogP contribution in [0.25, 0.3) is 0 Å². The maximum atomic E-state index is 12.5. The Morgan fingerprint density at radius 3 is 2.60 bits per heavy atom. The molecule has 0 aliphatic heterocycles. The van der Waals surface area contributed by atoms with Gasteiger partial charge in [-0.2, -0.15) is 0 Å². The zero-order chi connectivity index (χ0) is 7.72. The third-order valence-corrected chi connectivity index (χ3v) is 1.31. The average Bonchev–Trinajstić information content (AvgIpc) is 1.82. The molecule has 0 aliphatic carbocycles. The molecule has 0 saturated heterocycles. The molecule has 4 heteroatoms. The van der Waals surface area contributed by atoms with E-state index in [-0.39, 0.29) is 10.7 Å². The van der Waals surface area contributed by atoms with E-state index in [2.05, 4.69) is 0 Å². The Balaban J connectivity index is 3.31. The van der Waals surface area contributed by atoms with Crippen molar-refractivity contribution in [1.82, 2.24) is 0 Å². The SMILES string of the molecule is Nc1cc(O)c(F)c(Cl)c1. The number of rotatable bonds is 0. The van der Waals surface area contributed by atoms with Crippen LogP contribution in [0.15, 0.2) is 12.1 Å². The fourth-order valence-corrected chi connectivity index (χ4v) is 0.818. The summed E-state index contributed by atoms with van der Waals surface area (Å²) in [7, 11) is 0. The number of anilines is 1. The second-order valence-corrected chi connectivity index (χ2v) is 2.24. The molecule has 0 radical (unpaired) electrons. The summed E-state index contributed by atoms with van der Waals surface area (Å²) in [6, 6.07) is 2.33. The molecule has 0 amide bonds. The molecule has 0 unspecified atom stereocenters. The number of nitrogen functional groups attached to an aromatic ring is 1. The van der Waals surface area contributed by atoms with Gasteiger partial charge in [0, 0.05) is 11.8 Å². The average molecular weight is 162 g/mol. The van der Waals surface area contributed by atoms with Gasteiger partial charge in [0.15, 0.2) is 11.6 Å². The van der Waals surface area contributed by atoms with Crippen molar-refractivity contribution < 1.29 is 9.50 Å². The minimum atomic E-state index is -0.837. The van der Waals surface area contributed by atoms with Crippen molar-refractivity contribution in [3.63, 3.8) is 0 Å². The van der Waals surface area contributed by atoms with Gasteiger partial charge in [0.1, 0.15) is 0 Å². The molecular weight excluding hydrogens is 157 g/mol. The molecule has 0 aliphatic rings. The Labute approximate surface area is 62.0 Å². The van der Waals surface area contributed by atoms with Gasteiger partial charge < -0.3 is 10.8 Å². The van der Waals surface area contributed by atoms with E-state index < -0.39 is 11.6 Å². The van der Waals surface area contributed by atoms with Crippen LogP contribution in [0.1, 0.15) is 0 Å². The third kappa shape index (κ3) is 1.14. The van der Waals surface area contributed by atoms with Crippen molar-refractivity contribution in [2.75, 3.05) is 5.73 Å². The first-order valence-corrected chi connectivity index (χ1v) is 2.92. The Morgan fingerprint density at radius 2 is 2.10 bits per heavy atom. The topological polar surface area (TPSA) is 46.2 Å². The standard InChI is InChI=1S/C6H5ClFNO/c7-4-1-3(9)2-5(10)6(4)8/h1-2,10H,9H2. The molecule has 0 aromatic heterocycles. The van der Waals surface area contributed by atoms with Crippen molar-refractivity contribution in [2.45, 2.75) is 0 Å². The summed E-state index contributed by atoms with van der Waals surface area (Å²) < 4.78 is 12.5. The van der Waals surface area contributed by atoms with E-state index in [1.54, 1.807) is 0 Å². The molecule has 2 nitrogen and oxygen atoms in total. The summed E-state index contributed by atoms with van der Waals surface area (Å²) in [5, 5.41) is 8.57. The molecule has 54 valence electrons. The van der Waals surface area contributed by atoms with Gasteiger partial charge in [0.2, 0.25) is 0 Å². The second kappa shape index (κ2) is 2.34. The van der Waals surface area contributed by atoms with Crippen LogP contribution in [0.4, 0.5) is 10.1 Å². The second-order valence-electron chi connectivity index (χ2n) is 1.84. The molecule has 1 aromatic rings. The van der Waals surface area contributed by atoms with E-state index >= 15 is 0 Å². The van der Waals surface area contributed by atoms with E-state index in [0.717, 1.165) is 6.07 Å². The van der Waals surface area contributed by atoms with E-state index in [4.69, 9.17) is 22.4 Å². The van der Waals surface area contributed by atoms with Crippen LogP contribution in [-0.2, 0) is 0 Å². The summed E-state index contributed by atoms with van der Waals surface area (Å²) in [5.41, 5.74) is 5.46. The molecule has 1 aromatic carbocycles. The van der Waals surface area contributed by atoms with Gasteiger partial charge in [-0.25, -0.2) is 4.39 Å². The molecule has 10 heavy (non-hydrogen) atoms. The van der Waals surface area contributed by atoms with E-state index in [1.165, 1.54) is 6.07 Å². The number of phenols is 1. The fraction of sp³-hybridized carbons (Fsp3) is 0. The first-order valence-electron chi connectivity index (χ1n) is 2.54. The maximum Gasteiger partial charge on any atom is 0.183 e. The molecule has 3 N–H and O–H groups in total. The number of hydrogen-bond acceptors (Lipinski definition) is 2. The number of hydrogen-bond donors (Lipinski definition) is 2. The first-order chi connectivity index (χ1) is 4.61. The van der Waals surface area contributed by atoms with Gasteiger partial charge >= 0.3 is 0 Å². The maximum absolute atomic E-state index is 12.5. The van der Waals surface area contributed by atoms with Crippen LogP contribution in [0.5, 0.6) is 5.75 Å². The van der Waals surface area contributed by atoms with Gasteiger partial charge in [-0.3, -0.25) is 0 Å². The Morgan fingerprint density at radius 1 is 1.50 bits per heavy atom. The highest BCUT2D eigenvalue weighted by Gasteiger charge is 2.05. The van der Waals surface area contributed by atoms with Crippen molar-refractivity contribution in [3.8, 4) is 5.75 Å².